The molecule has 0 amide bonds. The van der Waals surface area contributed by atoms with Gasteiger partial charge in [0, 0.05) is 12.7 Å². The SMILES string of the molecule is OCCn1cc(CN[C@@H](CO)c2ccccc2)nn1. The van der Waals surface area contributed by atoms with Crippen LogP contribution in [0.5, 0.6) is 0 Å². The van der Waals surface area contributed by atoms with Gasteiger partial charge < -0.3 is 15.5 Å². The lowest BCUT2D eigenvalue weighted by Crippen LogP contribution is -2.24. The number of aliphatic hydroxyl groups excluding tert-OH is 2. The second-order valence-corrected chi connectivity index (χ2v) is 4.22. The zero-order chi connectivity index (χ0) is 13.5. The second-order valence-electron chi connectivity index (χ2n) is 4.22. The number of hydrogen-bond donors (Lipinski definition) is 3. The second kappa shape index (κ2) is 6.98. The molecule has 0 saturated heterocycles. The maximum atomic E-state index is 9.41. The first-order chi connectivity index (χ1) is 9.33. The molecular formula is C13H18N4O2. The van der Waals surface area contributed by atoms with Crippen molar-refractivity contribution in [3.05, 3.63) is 47.8 Å². The Kier molecular flexibility index (Phi) is 5.02. The number of nitrogens with zero attached hydrogens (tertiary/aromatic N) is 3. The Labute approximate surface area is 111 Å². The van der Waals surface area contributed by atoms with Gasteiger partial charge >= 0.3 is 0 Å². The van der Waals surface area contributed by atoms with Gasteiger partial charge in [0.2, 0.25) is 0 Å². The molecule has 6 nitrogen and oxygen atoms in total. The topological polar surface area (TPSA) is 83.2 Å². The zero-order valence-corrected chi connectivity index (χ0v) is 10.6. The van der Waals surface area contributed by atoms with Gasteiger partial charge in [-0.3, -0.25) is 0 Å². The average Bonchev–Trinajstić information content (AvgIpc) is 2.89. The van der Waals surface area contributed by atoms with Crippen LogP contribution in [-0.2, 0) is 13.1 Å². The summed E-state index contributed by atoms with van der Waals surface area (Å²) in [4.78, 5) is 0. The van der Waals surface area contributed by atoms with Crippen LogP contribution in [0.3, 0.4) is 0 Å². The molecule has 0 saturated carbocycles. The molecule has 0 unspecified atom stereocenters. The van der Waals surface area contributed by atoms with E-state index in [0.717, 1.165) is 11.3 Å². The Hall–Kier alpha value is -1.76. The monoisotopic (exact) mass is 262 g/mol. The minimum absolute atomic E-state index is 0.0226. The van der Waals surface area contributed by atoms with Gasteiger partial charge in [0.1, 0.15) is 0 Å². The molecule has 0 radical (unpaired) electrons. The molecule has 1 atom stereocenters. The Morgan fingerprint density at radius 1 is 1.21 bits per heavy atom. The quantitative estimate of drug-likeness (QED) is 0.659. The number of hydrogen-bond acceptors (Lipinski definition) is 5. The van der Waals surface area contributed by atoms with Crippen molar-refractivity contribution in [3.63, 3.8) is 0 Å². The van der Waals surface area contributed by atoms with Crippen molar-refractivity contribution in [1.29, 1.82) is 0 Å². The van der Waals surface area contributed by atoms with E-state index < -0.39 is 0 Å². The zero-order valence-electron chi connectivity index (χ0n) is 10.6. The Balaban J connectivity index is 1.92. The fraction of sp³-hybridized carbons (Fsp3) is 0.385. The minimum atomic E-state index is -0.121. The summed E-state index contributed by atoms with van der Waals surface area (Å²) in [7, 11) is 0. The predicted molar refractivity (Wildman–Crippen MR) is 70.2 cm³/mol. The van der Waals surface area contributed by atoms with E-state index in [4.69, 9.17) is 5.11 Å². The van der Waals surface area contributed by atoms with Crippen LogP contribution >= 0.6 is 0 Å². The molecule has 1 aromatic carbocycles. The molecule has 2 rings (SSSR count). The molecule has 0 fully saturated rings. The molecule has 102 valence electrons. The van der Waals surface area contributed by atoms with Gasteiger partial charge in [-0.2, -0.15) is 0 Å². The maximum Gasteiger partial charge on any atom is 0.0965 e. The van der Waals surface area contributed by atoms with Crippen LogP contribution in [0.4, 0.5) is 0 Å². The number of aromatic nitrogens is 3. The summed E-state index contributed by atoms with van der Waals surface area (Å²) >= 11 is 0. The van der Waals surface area contributed by atoms with E-state index in [0.29, 0.717) is 13.1 Å². The van der Waals surface area contributed by atoms with Crippen molar-refractivity contribution in [3.8, 4) is 0 Å². The number of aliphatic hydroxyl groups is 2. The highest BCUT2D eigenvalue weighted by Gasteiger charge is 2.10. The molecule has 0 aliphatic carbocycles. The van der Waals surface area contributed by atoms with Crippen LogP contribution in [0.25, 0.3) is 0 Å². The third kappa shape index (κ3) is 3.85. The van der Waals surface area contributed by atoms with Crippen LogP contribution in [0.15, 0.2) is 36.5 Å². The fourth-order valence-corrected chi connectivity index (χ4v) is 1.83. The highest BCUT2D eigenvalue weighted by Crippen LogP contribution is 2.12. The largest absolute Gasteiger partial charge is 0.394 e. The van der Waals surface area contributed by atoms with Gasteiger partial charge in [-0.05, 0) is 5.56 Å². The smallest absolute Gasteiger partial charge is 0.0965 e. The van der Waals surface area contributed by atoms with Crippen molar-refractivity contribution in [2.45, 2.75) is 19.1 Å². The first-order valence-corrected chi connectivity index (χ1v) is 6.22. The van der Waals surface area contributed by atoms with E-state index in [9.17, 15) is 5.11 Å². The molecule has 6 heteroatoms. The Morgan fingerprint density at radius 3 is 2.68 bits per heavy atom. The molecular weight excluding hydrogens is 244 g/mol. The van der Waals surface area contributed by atoms with Crippen molar-refractivity contribution in [1.82, 2.24) is 20.3 Å². The summed E-state index contributed by atoms with van der Waals surface area (Å²) in [5.41, 5.74) is 1.82. The van der Waals surface area contributed by atoms with Gasteiger partial charge in [0.15, 0.2) is 0 Å². The van der Waals surface area contributed by atoms with Gasteiger partial charge in [-0.25, -0.2) is 4.68 Å². The molecule has 0 aliphatic heterocycles. The fourth-order valence-electron chi connectivity index (χ4n) is 1.83. The lowest BCUT2D eigenvalue weighted by Gasteiger charge is -2.15. The summed E-state index contributed by atoms with van der Waals surface area (Å²) in [5.74, 6) is 0. The Bertz CT molecular complexity index is 486. The van der Waals surface area contributed by atoms with E-state index in [1.54, 1.807) is 10.9 Å². The van der Waals surface area contributed by atoms with E-state index in [1.807, 2.05) is 30.3 Å². The molecule has 3 N–H and O–H groups in total. The molecule has 2 aromatic rings. The molecule has 1 aromatic heterocycles. The first-order valence-electron chi connectivity index (χ1n) is 6.22. The van der Waals surface area contributed by atoms with E-state index in [1.165, 1.54) is 0 Å². The number of rotatable bonds is 7. The number of nitrogens with one attached hydrogen (secondary N) is 1. The summed E-state index contributed by atoms with van der Waals surface area (Å²) in [5, 5.41) is 29.3. The average molecular weight is 262 g/mol. The standard InChI is InChI=1S/C13H18N4O2/c18-7-6-17-9-12(15-16-17)8-14-13(10-19)11-4-2-1-3-5-11/h1-5,9,13-14,18-19H,6-8,10H2/t13-/m0/s1. The lowest BCUT2D eigenvalue weighted by molar-refractivity contribution is 0.243. The van der Waals surface area contributed by atoms with Crippen molar-refractivity contribution in [2.24, 2.45) is 0 Å². The summed E-state index contributed by atoms with van der Waals surface area (Å²) in [6.45, 7) is 1.02. The molecule has 0 aliphatic rings. The summed E-state index contributed by atoms with van der Waals surface area (Å²) < 4.78 is 1.59. The maximum absolute atomic E-state index is 9.41. The number of benzene rings is 1. The van der Waals surface area contributed by atoms with E-state index >= 15 is 0 Å². The molecule has 19 heavy (non-hydrogen) atoms. The van der Waals surface area contributed by atoms with E-state index in [2.05, 4.69) is 15.6 Å². The Morgan fingerprint density at radius 2 is 2.00 bits per heavy atom. The van der Waals surface area contributed by atoms with E-state index in [-0.39, 0.29) is 19.3 Å². The van der Waals surface area contributed by atoms with Crippen molar-refractivity contribution < 1.29 is 10.2 Å². The molecule has 1 heterocycles. The van der Waals surface area contributed by atoms with Crippen LogP contribution in [0.2, 0.25) is 0 Å². The van der Waals surface area contributed by atoms with Crippen LogP contribution < -0.4 is 5.32 Å². The molecule has 0 spiro atoms. The third-order valence-electron chi connectivity index (χ3n) is 2.83. The highest BCUT2D eigenvalue weighted by atomic mass is 16.3. The minimum Gasteiger partial charge on any atom is -0.394 e. The van der Waals surface area contributed by atoms with Gasteiger partial charge in [-0.1, -0.05) is 35.5 Å². The van der Waals surface area contributed by atoms with Crippen LogP contribution in [-0.4, -0.2) is 38.4 Å². The third-order valence-corrected chi connectivity index (χ3v) is 2.83. The van der Waals surface area contributed by atoms with Crippen molar-refractivity contribution in [2.75, 3.05) is 13.2 Å². The van der Waals surface area contributed by atoms with Crippen LogP contribution in [0, 0.1) is 0 Å². The summed E-state index contributed by atoms with van der Waals surface area (Å²) in [6.07, 6.45) is 1.78. The predicted octanol–water partition coefficient (Wildman–Crippen LogP) is 0.0936. The van der Waals surface area contributed by atoms with Crippen LogP contribution in [0.1, 0.15) is 17.3 Å². The van der Waals surface area contributed by atoms with Crippen molar-refractivity contribution >= 4 is 0 Å². The highest BCUT2D eigenvalue weighted by molar-refractivity contribution is 5.19. The van der Waals surface area contributed by atoms with Gasteiger partial charge in [-0.15, -0.1) is 5.10 Å². The van der Waals surface area contributed by atoms with Gasteiger partial charge in [0.05, 0.1) is 31.5 Å². The lowest BCUT2D eigenvalue weighted by atomic mass is 10.1. The first kappa shape index (κ1) is 13.7. The molecule has 0 bridgehead atoms. The summed E-state index contributed by atoms with van der Waals surface area (Å²) in [6, 6.07) is 9.64. The normalized spacial score (nSPS) is 12.5. The van der Waals surface area contributed by atoms with Gasteiger partial charge in [0.25, 0.3) is 0 Å².